The van der Waals surface area contributed by atoms with Gasteiger partial charge in [-0.05, 0) is 6.07 Å². The molecule has 15 heavy (non-hydrogen) atoms. The molecule has 1 aliphatic rings. The zero-order valence-corrected chi connectivity index (χ0v) is 7.38. The first-order valence-electron chi connectivity index (χ1n) is 4.14. The van der Waals surface area contributed by atoms with Crippen LogP contribution in [0, 0.1) is 0 Å². The third-order valence-corrected chi connectivity index (χ3v) is 2.11. The lowest BCUT2D eigenvalue weighted by Gasteiger charge is -1.98. The molecule has 7 nitrogen and oxygen atoms in total. The van der Waals surface area contributed by atoms with Crippen molar-refractivity contribution in [3.63, 3.8) is 0 Å². The predicted octanol–water partition coefficient (Wildman–Crippen LogP) is 0.852. The Labute approximate surface area is 83.0 Å². The van der Waals surface area contributed by atoms with Crippen molar-refractivity contribution >= 4 is 28.3 Å². The fraction of sp³-hybridized carbons (Fsp3) is 0. The summed E-state index contributed by atoms with van der Waals surface area (Å²) in [7, 11) is 0. The van der Waals surface area contributed by atoms with E-state index in [0.717, 1.165) is 0 Å². The molecule has 2 aromatic rings. The molecule has 0 spiro atoms. The largest absolute Gasteiger partial charge is 0.364 e. The van der Waals surface area contributed by atoms with E-state index in [9.17, 15) is 4.79 Å². The third-order valence-electron chi connectivity index (χ3n) is 2.11. The van der Waals surface area contributed by atoms with Crippen molar-refractivity contribution in [2.45, 2.75) is 0 Å². The minimum absolute atomic E-state index is 0.0259. The van der Waals surface area contributed by atoms with Crippen LogP contribution in [0.5, 0.6) is 0 Å². The van der Waals surface area contributed by atoms with Crippen molar-refractivity contribution in [1.29, 1.82) is 0 Å². The van der Waals surface area contributed by atoms with Gasteiger partial charge in [-0.1, -0.05) is 0 Å². The van der Waals surface area contributed by atoms with Gasteiger partial charge in [-0.2, -0.15) is 0 Å². The molecule has 0 aromatic carbocycles. The lowest BCUT2D eigenvalue weighted by Crippen LogP contribution is -2.14. The summed E-state index contributed by atoms with van der Waals surface area (Å²) in [6, 6.07) is 1.69. The Balaban J connectivity index is 2.50. The van der Waals surface area contributed by atoms with E-state index >= 15 is 0 Å². The molecule has 0 saturated heterocycles. The third kappa shape index (κ3) is 0.938. The molecule has 0 atom stereocenters. The fourth-order valence-electron chi connectivity index (χ4n) is 1.46. The molecule has 0 unspecified atom stereocenters. The van der Waals surface area contributed by atoms with Crippen LogP contribution in [-0.2, 0) is 0 Å². The number of pyridine rings is 1. The second kappa shape index (κ2) is 2.53. The number of rotatable bonds is 1. The average Bonchev–Trinajstić information content (AvgIpc) is 2.65. The Morgan fingerprint density at radius 3 is 2.93 bits per heavy atom. The number of nitrogens with two attached hydrogens (primary N) is 1. The van der Waals surface area contributed by atoms with Crippen molar-refractivity contribution < 1.29 is 4.79 Å². The van der Waals surface area contributed by atoms with E-state index < -0.39 is 5.91 Å². The highest BCUT2D eigenvalue weighted by molar-refractivity contribution is 6.07. The number of amides is 1. The Morgan fingerprint density at radius 1 is 1.27 bits per heavy atom. The quantitative estimate of drug-likeness (QED) is 0.628. The van der Waals surface area contributed by atoms with Gasteiger partial charge in [0.05, 0.1) is 5.39 Å². The van der Waals surface area contributed by atoms with Crippen LogP contribution in [0.25, 0.3) is 11.0 Å². The monoisotopic (exact) mass is 200 g/mol. The Morgan fingerprint density at radius 2 is 2.13 bits per heavy atom. The molecule has 72 valence electrons. The predicted molar refractivity (Wildman–Crippen MR) is 50.0 cm³/mol. The second-order valence-electron chi connectivity index (χ2n) is 2.99. The van der Waals surface area contributed by atoms with Gasteiger partial charge in [-0.3, -0.25) is 4.79 Å². The molecule has 0 fully saturated rings. The maximum absolute atomic E-state index is 11.0. The van der Waals surface area contributed by atoms with E-state index in [1.807, 2.05) is 0 Å². The van der Waals surface area contributed by atoms with Crippen molar-refractivity contribution in [3.05, 3.63) is 18.0 Å². The molecule has 0 aliphatic carbocycles. The number of carbonyl (C=O) groups is 1. The summed E-state index contributed by atoms with van der Waals surface area (Å²) in [6.07, 6.45) is 1.56. The maximum atomic E-state index is 11.0. The van der Waals surface area contributed by atoms with Crippen LogP contribution >= 0.6 is 0 Å². The number of aromatic nitrogens is 3. The van der Waals surface area contributed by atoms with Gasteiger partial charge in [0.1, 0.15) is 11.4 Å². The van der Waals surface area contributed by atoms with Crippen LogP contribution in [0.3, 0.4) is 0 Å². The smallest absolute Gasteiger partial charge is 0.271 e. The summed E-state index contributed by atoms with van der Waals surface area (Å²) in [5, 5.41) is 15.8. The Kier molecular flexibility index (Phi) is 1.34. The van der Waals surface area contributed by atoms with E-state index in [-0.39, 0.29) is 5.69 Å². The zero-order valence-electron chi connectivity index (χ0n) is 7.38. The summed E-state index contributed by atoms with van der Waals surface area (Å²) in [5.41, 5.74) is 6.57. The van der Waals surface area contributed by atoms with Gasteiger partial charge >= 0.3 is 0 Å². The standard InChI is InChI=1S/C8H4N6O/c9-7(15)6-5-4-3(11-12-5)1-2-10-8(4)14-13-6/h1-2H,(H2,9,15). The minimum atomic E-state index is -0.671. The summed E-state index contributed by atoms with van der Waals surface area (Å²) < 4.78 is 0. The van der Waals surface area contributed by atoms with E-state index in [0.29, 0.717) is 22.4 Å². The van der Waals surface area contributed by atoms with Gasteiger partial charge in [0.25, 0.3) is 5.91 Å². The van der Waals surface area contributed by atoms with Crippen LogP contribution < -0.4 is 5.73 Å². The molecular formula is C8H4N6O. The highest BCUT2D eigenvalue weighted by Gasteiger charge is 2.21. The SMILES string of the molecule is NC(=O)c1nnc2nccc3c2c1N=N3. The topological polar surface area (TPSA) is 106 Å². The van der Waals surface area contributed by atoms with Crippen LogP contribution in [0.2, 0.25) is 0 Å². The van der Waals surface area contributed by atoms with Gasteiger partial charge < -0.3 is 5.73 Å². The molecule has 0 radical (unpaired) electrons. The molecule has 1 amide bonds. The summed E-state index contributed by atoms with van der Waals surface area (Å²) in [5.74, 6) is -0.671. The number of azo groups is 1. The number of hydrogen-bond acceptors (Lipinski definition) is 6. The highest BCUT2D eigenvalue weighted by Crippen LogP contribution is 2.39. The second-order valence-corrected chi connectivity index (χ2v) is 2.99. The van der Waals surface area contributed by atoms with Crippen LogP contribution in [0.4, 0.5) is 11.4 Å². The number of nitrogens with zero attached hydrogens (tertiary/aromatic N) is 5. The average molecular weight is 200 g/mol. The molecular weight excluding hydrogens is 196 g/mol. The lowest BCUT2D eigenvalue weighted by molar-refractivity contribution is 0.0995. The molecule has 1 aliphatic heterocycles. The Bertz CT molecular complexity index is 620. The van der Waals surface area contributed by atoms with E-state index in [4.69, 9.17) is 5.73 Å². The number of hydrogen-bond donors (Lipinski definition) is 1. The number of primary amides is 1. The van der Waals surface area contributed by atoms with Crippen molar-refractivity contribution in [2.24, 2.45) is 16.0 Å². The zero-order chi connectivity index (χ0) is 10.4. The van der Waals surface area contributed by atoms with Crippen molar-refractivity contribution in [1.82, 2.24) is 15.2 Å². The normalized spacial score (nSPS) is 12.3. The summed E-state index contributed by atoms with van der Waals surface area (Å²) in [4.78, 5) is 15.0. The first-order chi connectivity index (χ1) is 7.27. The highest BCUT2D eigenvalue weighted by atomic mass is 16.1. The molecule has 0 saturated carbocycles. The van der Waals surface area contributed by atoms with Gasteiger partial charge in [-0.15, -0.1) is 20.4 Å². The van der Waals surface area contributed by atoms with Crippen LogP contribution in [0.15, 0.2) is 22.5 Å². The maximum Gasteiger partial charge on any atom is 0.271 e. The first-order valence-corrected chi connectivity index (χ1v) is 4.14. The number of carbonyl (C=O) groups excluding carboxylic acids is 1. The van der Waals surface area contributed by atoms with E-state index in [2.05, 4.69) is 25.4 Å². The molecule has 2 aromatic heterocycles. The molecule has 0 bridgehead atoms. The minimum Gasteiger partial charge on any atom is -0.364 e. The first kappa shape index (κ1) is 7.92. The summed E-state index contributed by atoms with van der Waals surface area (Å²) in [6.45, 7) is 0. The summed E-state index contributed by atoms with van der Waals surface area (Å²) >= 11 is 0. The van der Waals surface area contributed by atoms with Gasteiger partial charge in [0.2, 0.25) is 0 Å². The van der Waals surface area contributed by atoms with Gasteiger partial charge in [0.15, 0.2) is 11.3 Å². The molecule has 2 N–H and O–H groups in total. The molecule has 3 heterocycles. The van der Waals surface area contributed by atoms with Crippen LogP contribution in [-0.4, -0.2) is 21.1 Å². The van der Waals surface area contributed by atoms with E-state index in [1.165, 1.54) is 0 Å². The van der Waals surface area contributed by atoms with E-state index in [1.54, 1.807) is 12.3 Å². The van der Waals surface area contributed by atoms with Gasteiger partial charge in [-0.25, -0.2) is 4.98 Å². The van der Waals surface area contributed by atoms with Crippen molar-refractivity contribution in [3.8, 4) is 0 Å². The fourth-order valence-corrected chi connectivity index (χ4v) is 1.46. The van der Waals surface area contributed by atoms with Crippen LogP contribution in [0.1, 0.15) is 10.5 Å². The lowest BCUT2D eigenvalue weighted by atomic mass is 10.2. The molecule has 3 rings (SSSR count). The molecule has 7 heteroatoms. The van der Waals surface area contributed by atoms with Gasteiger partial charge in [0, 0.05) is 6.20 Å². The van der Waals surface area contributed by atoms with Crippen molar-refractivity contribution in [2.75, 3.05) is 0 Å². The Hall–Kier alpha value is -2.44.